The molecule has 7 aromatic carbocycles. The van der Waals surface area contributed by atoms with Crippen LogP contribution in [0.3, 0.4) is 0 Å². The number of aromatic nitrogens is 6. The first-order valence-electron chi connectivity index (χ1n) is 46.0. The summed E-state index contributed by atoms with van der Waals surface area (Å²) in [7, 11) is 1.94. The first kappa shape index (κ1) is 89.7. The van der Waals surface area contributed by atoms with E-state index in [0.29, 0.717) is 108 Å². The molecule has 26 heteroatoms. The number of rotatable bonds is 23. The lowest BCUT2D eigenvalue weighted by atomic mass is 9.84. The Labute approximate surface area is 767 Å². The summed E-state index contributed by atoms with van der Waals surface area (Å²) in [6.45, 7) is 24.7. The molecule has 0 radical (unpaired) electrons. The second-order valence-electron chi connectivity index (χ2n) is 37.5. The molecule has 3 N–H and O–H groups in total. The number of piperazine rings is 1. The zero-order valence-corrected chi connectivity index (χ0v) is 77.6. The molecule has 1 atom stereocenters. The molecule has 4 aliphatic heterocycles. The van der Waals surface area contributed by atoms with E-state index in [1.807, 2.05) is 194 Å². The number of nitrogens with zero attached hydrogens (tertiary/aromatic N) is 10. The number of hydrogen-bond acceptors (Lipinski definition) is 22. The number of hydrogen-bond donors (Lipinski definition) is 3. The predicted octanol–water partition coefficient (Wildman–Crippen LogP) is 20.0. The number of amides is 4. The summed E-state index contributed by atoms with van der Waals surface area (Å²) >= 11 is 2.90. The van der Waals surface area contributed by atoms with Crippen LogP contribution in [0.2, 0.25) is 0 Å². The molecule has 1 unspecified atom stereocenters. The van der Waals surface area contributed by atoms with Gasteiger partial charge in [-0.05, 0) is 306 Å². The minimum absolute atomic E-state index is 0.109. The van der Waals surface area contributed by atoms with Gasteiger partial charge in [-0.1, -0.05) is 95.5 Å². The van der Waals surface area contributed by atoms with Gasteiger partial charge < -0.3 is 38.4 Å². The Bertz CT molecular complexity index is 6210. The van der Waals surface area contributed by atoms with Crippen molar-refractivity contribution in [3.63, 3.8) is 0 Å². The maximum Gasteiger partial charge on any atom is 0.358 e. The Morgan fingerprint density at radius 2 is 1.00 bits per heavy atom. The van der Waals surface area contributed by atoms with E-state index in [-0.39, 0.29) is 47.2 Å². The molecule has 12 aromatic rings. The van der Waals surface area contributed by atoms with Crippen molar-refractivity contribution in [1.82, 2.24) is 39.9 Å². The third-order valence-corrected chi connectivity index (χ3v) is 28.2. The van der Waals surface area contributed by atoms with Crippen molar-refractivity contribution in [2.75, 3.05) is 71.1 Å². The van der Waals surface area contributed by atoms with Gasteiger partial charge in [0, 0.05) is 106 Å². The number of nitrogens with one attached hydrogen (secondary N) is 3. The van der Waals surface area contributed by atoms with Gasteiger partial charge >= 0.3 is 11.9 Å². The molecule has 4 fully saturated rings. The topological polar surface area (TPSA) is 275 Å². The Kier molecular flexibility index (Phi) is 26.8. The van der Waals surface area contributed by atoms with E-state index in [0.717, 1.165) is 196 Å². The number of thiazole rings is 2. The maximum absolute atomic E-state index is 14.1. The van der Waals surface area contributed by atoms with E-state index in [1.54, 1.807) is 0 Å². The molecule has 6 aliphatic rings. The summed E-state index contributed by atoms with van der Waals surface area (Å²) in [5, 5.41) is 15.5. The Hall–Kier alpha value is -12.3. The number of para-hydroxylation sites is 2. The predicted molar refractivity (Wildman–Crippen MR) is 513 cm³/mol. The van der Waals surface area contributed by atoms with E-state index in [9.17, 15) is 33.6 Å². The molecule has 130 heavy (non-hydrogen) atoms. The van der Waals surface area contributed by atoms with Crippen molar-refractivity contribution >= 4 is 123 Å². The van der Waals surface area contributed by atoms with Gasteiger partial charge in [-0.2, -0.15) is 5.10 Å². The van der Waals surface area contributed by atoms with Crippen LogP contribution in [0.5, 0.6) is 11.5 Å². The van der Waals surface area contributed by atoms with Crippen LogP contribution < -0.4 is 40.1 Å². The van der Waals surface area contributed by atoms with Crippen LogP contribution in [0.25, 0.3) is 53.6 Å². The van der Waals surface area contributed by atoms with Gasteiger partial charge in [-0.25, -0.2) is 29.5 Å². The molecule has 2 saturated heterocycles. The quantitative estimate of drug-likeness (QED) is 0.0305. The third-order valence-electron chi connectivity index (χ3n) is 26.3. The lowest BCUT2D eigenvalue weighted by Gasteiger charge is -2.37. The number of carbonyl (C=O) groups is 7. The largest absolute Gasteiger partial charge is 0.490 e. The van der Waals surface area contributed by atoms with Crippen LogP contribution in [0.4, 0.5) is 27.6 Å². The average Bonchev–Trinajstić information content (AvgIpc) is 1.59. The summed E-state index contributed by atoms with van der Waals surface area (Å²) in [5.41, 5.74) is 15.2. The fourth-order valence-corrected chi connectivity index (χ4v) is 21.3. The number of piperidine rings is 1. The van der Waals surface area contributed by atoms with Gasteiger partial charge in [0.15, 0.2) is 21.7 Å². The van der Waals surface area contributed by atoms with Crippen molar-refractivity contribution in [2.45, 2.75) is 207 Å². The van der Waals surface area contributed by atoms with Crippen LogP contribution in [0, 0.1) is 32.6 Å². The Balaban J connectivity index is 0.000000195. The molecular formula is C104H115N13O11S2. The SMILES string of the molecule is Cc1c(OC2CCC(CCC=O)CC2)cccc1-c1ccc(N2CCc3cccc(C(=O)Nc4nc5ccccc5s4)c3C2)nc1C(=O)OC(C)(C)C.Cc1c(OC2CCC(CCCN3CCN(c4ccc5c(C6CCC(=O)NC6=O)nn(C)c5c4C)CC3)CC2)cccc1-c1ccc(N2CCc3cccc(C(=O)Nc4nc5ccccc5s4)c3C2)nc1C(=O)OC(C)(C)C. The molecule has 0 spiro atoms. The molecule has 4 amide bonds. The monoisotopic (exact) mass is 1790 g/mol. The van der Waals surface area contributed by atoms with Gasteiger partial charge in [-0.15, -0.1) is 0 Å². The van der Waals surface area contributed by atoms with Gasteiger partial charge in [0.2, 0.25) is 11.8 Å². The number of anilines is 5. The lowest BCUT2D eigenvalue weighted by Crippen LogP contribution is -2.46. The van der Waals surface area contributed by atoms with Gasteiger partial charge in [-0.3, -0.25) is 44.7 Å². The number of aryl methyl sites for hydroxylation is 2. The van der Waals surface area contributed by atoms with E-state index < -0.39 is 29.1 Å². The summed E-state index contributed by atoms with van der Waals surface area (Å²) in [4.78, 5) is 120. The highest BCUT2D eigenvalue weighted by atomic mass is 32.1. The highest BCUT2D eigenvalue weighted by Crippen LogP contribution is 2.43. The first-order chi connectivity index (χ1) is 62.7. The molecule has 24 nitrogen and oxygen atoms in total. The van der Waals surface area contributed by atoms with Crippen molar-refractivity contribution in [3.05, 3.63) is 225 Å². The summed E-state index contributed by atoms with van der Waals surface area (Å²) in [6, 6.07) is 51.6. The third kappa shape index (κ3) is 20.3. The van der Waals surface area contributed by atoms with Crippen LogP contribution in [-0.4, -0.2) is 146 Å². The molecule has 0 bridgehead atoms. The van der Waals surface area contributed by atoms with Gasteiger partial charge in [0.25, 0.3) is 11.8 Å². The minimum atomic E-state index is -0.732. The molecule has 674 valence electrons. The summed E-state index contributed by atoms with van der Waals surface area (Å²) < 4.78 is 29.2. The molecule has 2 aliphatic carbocycles. The highest BCUT2D eigenvalue weighted by molar-refractivity contribution is 7.22. The number of esters is 2. The van der Waals surface area contributed by atoms with E-state index >= 15 is 0 Å². The minimum Gasteiger partial charge on any atom is -0.490 e. The lowest BCUT2D eigenvalue weighted by molar-refractivity contribution is -0.134. The number of aldehydes is 1. The Morgan fingerprint density at radius 3 is 1.48 bits per heavy atom. The fraction of sp³-hybridized carbons (Fsp3) is 0.404. The van der Waals surface area contributed by atoms with Crippen molar-refractivity contribution in [3.8, 4) is 33.8 Å². The zero-order valence-electron chi connectivity index (χ0n) is 75.9. The zero-order chi connectivity index (χ0) is 90.6. The summed E-state index contributed by atoms with van der Waals surface area (Å²) in [5.74, 6) is 1.87. The van der Waals surface area contributed by atoms with Crippen LogP contribution >= 0.6 is 22.7 Å². The Morgan fingerprint density at radius 1 is 0.508 bits per heavy atom. The van der Waals surface area contributed by atoms with Gasteiger partial charge in [0.05, 0.1) is 49.8 Å². The average molecular weight is 1790 g/mol. The second kappa shape index (κ2) is 38.8. The maximum atomic E-state index is 14.1. The van der Waals surface area contributed by atoms with E-state index in [1.165, 1.54) is 46.8 Å². The molecule has 9 heterocycles. The molecule has 5 aromatic heterocycles. The van der Waals surface area contributed by atoms with Crippen LogP contribution in [-0.2, 0) is 56.8 Å². The number of benzene rings is 7. The number of fused-ring (bicyclic) bond motifs is 5. The number of carbonyl (C=O) groups excluding carboxylic acids is 7. The van der Waals surface area contributed by atoms with Gasteiger partial charge in [0.1, 0.15) is 40.6 Å². The molecule has 18 rings (SSSR count). The highest BCUT2D eigenvalue weighted by Gasteiger charge is 2.36. The standard InChI is InChI=1S/C61H69N9O6S.C43H46N4O5S/c1-37-42(43-24-27-52(63-55(43)59(74)76-61(3,4)5)70-31-29-40-13-9-15-44(47(40)36-70)57(72)65-60-62-48-16-7-8-18-51(48)77-60)14-10-17-50(37)75-41-21-19-39(20-22-41)12-11-30-68-32-34-69(35-33-68)49-26-23-45-54(66-67(6)56(45)38(49)2)46-25-28-53(71)64-58(46)73;1-27-31(12-8-15-36(27)51-30-19-17-28(18-20-30)10-9-25-48)32-21-22-38(45-39(32)41(50)52-43(2,3)4)47-24-23-29-11-7-13-33(34(29)26-47)40(49)46-42-44-35-14-5-6-16-37(35)53-42/h7-10,13-18,23-24,26-27,39,41,46H,11-12,19-22,25,28-36H2,1-6H3,(H,62,65,72)(H,64,71,73);5-8,11-16,21-22,25,28,30H,9-10,17-20,23-24,26H2,1-4H3,(H,44,46,49). The van der Waals surface area contributed by atoms with Crippen LogP contribution in [0.1, 0.15) is 224 Å². The number of imide groups is 1. The van der Waals surface area contributed by atoms with Crippen molar-refractivity contribution in [1.29, 1.82) is 0 Å². The number of ether oxygens (including phenoxy) is 4. The molecule has 2 saturated carbocycles. The van der Waals surface area contributed by atoms with E-state index in [2.05, 4.69) is 83.6 Å². The normalized spacial score (nSPS) is 18.5. The smallest absolute Gasteiger partial charge is 0.358 e. The summed E-state index contributed by atoms with van der Waals surface area (Å²) in [6.07, 6.45) is 15.8. The number of pyridine rings is 2. The van der Waals surface area contributed by atoms with Crippen molar-refractivity contribution in [2.24, 2.45) is 18.9 Å². The second-order valence-corrected chi connectivity index (χ2v) is 39.5. The van der Waals surface area contributed by atoms with Crippen LogP contribution in [0.15, 0.2) is 158 Å². The first-order valence-corrected chi connectivity index (χ1v) is 47.6. The molecular weight excluding hydrogens is 1670 g/mol. The fourth-order valence-electron chi connectivity index (χ4n) is 19.6. The van der Waals surface area contributed by atoms with E-state index in [4.69, 9.17) is 34.0 Å². The van der Waals surface area contributed by atoms with Crippen molar-refractivity contribution < 1.29 is 52.5 Å².